The van der Waals surface area contributed by atoms with Gasteiger partial charge in [-0.05, 0) is 25.7 Å². The first-order chi connectivity index (χ1) is 9.63. The molecule has 7 heteroatoms. The van der Waals surface area contributed by atoms with E-state index >= 15 is 0 Å². The van der Waals surface area contributed by atoms with Crippen LogP contribution >= 0.6 is 0 Å². The van der Waals surface area contributed by atoms with Gasteiger partial charge in [-0.3, -0.25) is 4.79 Å². The van der Waals surface area contributed by atoms with Gasteiger partial charge in [0.25, 0.3) is 5.78 Å². The number of hydrogen-bond acceptors (Lipinski definition) is 5. The van der Waals surface area contributed by atoms with Crippen molar-refractivity contribution in [2.75, 3.05) is 18.0 Å². The van der Waals surface area contributed by atoms with Gasteiger partial charge >= 0.3 is 5.97 Å². The molecule has 2 aromatic heterocycles. The van der Waals surface area contributed by atoms with E-state index in [0.717, 1.165) is 37.4 Å². The topological polar surface area (TPSA) is 83.6 Å². The highest BCUT2D eigenvalue weighted by molar-refractivity contribution is 5.67. The van der Waals surface area contributed by atoms with Crippen LogP contribution in [0.4, 0.5) is 5.82 Å². The Labute approximate surface area is 116 Å². The zero-order valence-corrected chi connectivity index (χ0v) is 11.4. The summed E-state index contributed by atoms with van der Waals surface area (Å²) in [6.07, 6.45) is 3.67. The lowest BCUT2D eigenvalue weighted by atomic mass is 9.95. The second-order valence-corrected chi connectivity index (χ2v) is 5.28. The zero-order chi connectivity index (χ0) is 14.1. The van der Waals surface area contributed by atoms with Crippen LogP contribution in [0.1, 0.15) is 25.0 Å². The molecule has 3 rings (SSSR count). The lowest BCUT2D eigenvalue weighted by Crippen LogP contribution is -2.37. The van der Waals surface area contributed by atoms with Gasteiger partial charge in [0.2, 0.25) is 0 Å². The molecule has 0 bridgehead atoms. The highest BCUT2D eigenvalue weighted by Gasteiger charge is 2.24. The van der Waals surface area contributed by atoms with Crippen molar-refractivity contribution in [2.24, 2.45) is 5.92 Å². The van der Waals surface area contributed by atoms with Crippen LogP contribution < -0.4 is 4.90 Å². The van der Waals surface area contributed by atoms with Gasteiger partial charge in [-0.15, -0.1) is 0 Å². The van der Waals surface area contributed by atoms with Crippen molar-refractivity contribution < 1.29 is 9.90 Å². The summed E-state index contributed by atoms with van der Waals surface area (Å²) >= 11 is 0. The minimum Gasteiger partial charge on any atom is -0.481 e. The van der Waals surface area contributed by atoms with Crippen LogP contribution in [-0.4, -0.2) is 43.7 Å². The summed E-state index contributed by atoms with van der Waals surface area (Å²) in [5.74, 6) is 0.988. The number of carboxylic acids is 1. The third-order valence-electron chi connectivity index (χ3n) is 3.67. The first-order valence-electron chi connectivity index (χ1n) is 6.77. The number of rotatable bonds is 3. The number of fused-ring (bicyclic) bond motifs is 1. The van der Waals surface area contributed by atoms with Crippen LogP contribution in [0.25, 0.3) is 5.78 Å². The van der Waals surface area contributed by atoms with Crippen LogP contribution in [0.5, 0.6) is 0 Å². The van der Waals surface area contributed by atoms with E-state index in [-0.39, 0.29) is 12.3 Å². The monoisotopic (exact) mass is 275 g/mol. The summed E-state index contributed by atoms with van der Waals surface area (Å²) in [4.78, 5) is 21.5. The first kappa shape index (κ1) is 12.8. The Bertz CT molecular complexity index is 639. The molecule has 0 amide bonds. The Morgan fingerprint density at radius 2 is 2.40 bits per heavy atom. The molecule has 1 aliphatic rings. The van der Waals surface area contributed by atoms with Gasteiger partial charge in [0.05, 0.1) is 0 Å². The third-order valence-corrected chi connectivity index (χ3v) is 3.67. The smallest absolute Gasteiger partial charge is 0.303 e. The van der Waals surface area contributed by atoms with Crippen molar-refractivity contribution in [1.82, 2.24) is 19.6 Å². The Morgan fingerprint density at radius 3 is 3.20 bits per heavy atom. The Morgan fingerprint density at radius 1 is 1.55 bits per heavy atom. The SMILES string of the molecule is Cc1cc(N2CCCC(CC(=O)O)C2)n2ncnc2n1. The molecule has 1 unspecified atom stereocenters. The molecule has 0 saturated carbocycles. The molecule has 1 N–H and O–H groups in total. The van der Waals surface area contributed by atoms with E-state index in [1.807, 2.05) is 13.0 Å². The number of carbonyl (C=O) groups is 1. The molecule has 1 saturated heterocycles. The van der Waals surface area contributed by atoms with Gasteiger partial charge in [-0.25, -0.2) is 4.98 Å². The zero-order valence-electron chi connectivity index (χ0n) is 11.4. The molecular weight excluding hydrogens is 258 g/mol. The number of aryl methyl sites for hydroxylation is 1. The van der Waals surface area contributed by atoms with Gasteiger partial charge < -0.3 is 10.0 Å². The summed E-state index contributed by atoms with van der Waals surface area (Å²) < 4.78 is 1.72. The molecule has 2 aromatic rings. The molecule has 0 spiro atoms. The van der Waals surface area contributed by atoms with Crippen LogP contribution in [-0.2, 0) is 4.79 Å². The number of carboxylic acid groups (broad SMARTS) is 1. The van der Waals surface area contributed by atoms with E-state index in [0.29, 0.717) is 5.78 Å². The summed E-state index contributed by atoms with van der Waals surface area (Å²) in [7, 11) is 0. The average Bonchev–Trinajstić information content (AvgIpc) is 2.85. The maximum absolute atomic E-state index is 10.9. The summed E-state index contributed by atoms with van der Waals surface area (Å²) in [5.41, 5.74) is 0.890. The molecule has 106 valence electrons. The predicted octanol–water partition coefficient (Wildman–Crippen LogP) is 1.12. The molecule has 0 aromatic carbocycles. The van der Waals surface area contributed by atoms with E-state index in [4.69, 9.17) is 5.11 Å². The molecule has 7 nitrogen and oxygen atoms in total. The van der Waals surface area contributed by atoms with Gasteiger partial charge in [-0.2, -0.15) is 14.6 Å². The van der Waals surface area contributed by atoms with Crippen molar-refractivity contribution in [1.29, 1.82) is 0 Å². The van der Waals surface area contributed by atoms with Crippen molar-refractivity contribution in [2.45, 2.75) is 26.2 Å². The Hall–Kier alpha value is -2.18. The molecule has 0 radical (unpaired) electrons. The van der Waals surface area contributed by atoms with Crippen molar-refractivity contribution in [3.05, 3.63) is 18.1 Å². The van der Waals surface area contributed by atoms with Crippen LogP contribution in [0, 0.1) is 12.8 Å². The number of nitrogens with zero attached hydrogens (tertiary/aromatic N) is 5. The highest BCUT2D eigenvalue weighted by atomic mass is 16.4. The summed E-state index contributed by atoms with van der Waals surface area (Å²) in [5, 5.41) is 13.2. The maximum atomic E-state index is 10.9. The summed E-state index contributed by atoms with van der Waals surface area (Å²) in [6, 6.07) is 1.98. The second kappa shape index (κ2) is 5.07. The molecule has 1 fully saturated rings. The number of piperidine rings is 1. The van der Waals surface area contributed by atoms with Crippen LogP contribution in [0.2, 0.25) is 0 Å². The van der Waals surface area contributed by atoms with Crippen molar-refractivity contribution in [3.8, 4) is 0 Å². The standard InChI is InChI=1S/C13H17N5O2/c1-9-5-11(18-13(16-9)14-8-15-18)17-4-2-3-10(7-17)6-12(19)20/h5,8,10H,2-4,6-7H2,1H3,(H,19,20). The lowest BCUT2D eigenvalue weighted by molar-refractivity contribution is -0.138. The van der Waals surface area contributed by atoms with E-state index in [1.54, 1.807) is 4.52 Å². The molecule has 1 atom stereocenters. The Kier molecular flexibility index (Phi) is 3.25. The summed E-state index contributed by atoms with van der Waals surface area (Å²) in [6.45, 7) is 3.58. The van der Waals surface area contributed by atoms with Gasteiger partial charge in [-0.1, -0.05) is 0 Å². The highest BCUT2D eigenvalue weighted by Crippen LogP contribution is 2.25. The quantitative estimate of drug-likeness (QED) is 0.903. The minimum atomic E-state index is -0.728. The maximum Gasteiger partial charge on any atom is 0.303 e. The molecule has 3 heterocycles. The fourth-order valence-corrected chi connectivity index (χ4v) is 2.82. The van der Waals surface area contributed by atoms with E-state index in [9.17, 15) is 4.79 Å². The van der Waals surface area contributed by atoms with E-state index in [2.05, 4.69) is 20.0 Å². The molecule has 0 aliphatic carbocycles. The van der Waals surface area contributed by atoms with Gasteiger partial charge in [0.1, 0.15) is 12.1 Å². The van der Waals surface area contributed by atoms with Crippen LogP contribution in [0.3, 0.4) is 0 Å². The van der Waals surface area contributed by atoms with Gasteiger partial charge in [0, 0.05) is 31.3 Å². The second-order valence-electron chi connectivity index (χ2n) is 5.28. The minimum absolute atomic E-state index is 0.188. The third kappa shape index (κ3) is 2.43. The Balaban J connectivity index is 1.90. The first-order valence-corrected chi connectivity index (χ1v) is 6.77. The van der Waals surface area contributed by atoms with Gasteiger partial charge in [0.15, 0.2) is 0 Å². The average molecular weight is 275 g/mol. The predicted molar refractivity (Wildman–Crippen MR) is 72.7 cm³/mol. The van der Waals surface area contributed by atoms with Crippen LogP contribution in [0.15, 0.2) is 12.4 Å². The molecule has 20 heavy (non-hydrogen) atoms. The number of hydrogen-bond donors (Lipinski definition) is 1. The number of aromatic nitrogens is 4. The van der Waals surface area contributed by atoms with Crippen molar-refractivity contribution >= 4 is 17.6 Å². The lowest BCUT2D eigenvalue weighted by Gasteiger charge is -2.33. The normalized spacial score (nSPS) is 19.4. The van der Waals surface area contributed by atoms with Crippen molar-refractivity contribution in [3.63, 3.8) is 0 Å². The van der Waals surface area contributed by atoms with E-state index < -0.39 is 5.97 Å². The number of aliphatic carboxylic acids is 1. The van der Waals surface area contributed by atoms with E-state index in [1.165, 1.54) is 6.33 Å². The molecule has 1 aliphatic heterocycles. The fourth-order valence-electron chi connectivity index (χ4n) is 2.82. The fraction of sp³-hybridized carbons (Fsp3) is 0.538. The number of anilines is 1. The molecular formula is C13H17N5O2. The largest absolute Gasteiger partial charge is 0.481 e.